The van der Waals surface area contributed by atoms with Gasteiger partial charge < -0.3 is 15.4 Å². The number of hydrogen-bond acceptors (Lipinski definition) is 3. The maximum Gasteiger partial charge on any atom is 0.0593 e. The van der Waals surface area contributed by atoms with Gasteiger partial charge in [-0.1, -0.05) is 13.8 Å². The highest BCUT2D eigenvalue weighted by Gasteiger charge is 2.03. The van der Waals surface area contributed by atoms with Gasteiger partial charge in [-0.3, -0.25) is 0 Å². The average Bonchev–Trinajstić information content (AvgIpc) is 2.12. The van der Waals surface area contributed by atoms with Crippen LogP contribution in [0.25, 0.3) is 0 Å². The molecule has 0 fully saturated rings. The summed E-state index contributed by atoms with van der Waals surface area (Å²) in [6.07, 6.45) is 1.10. The van der Waals surface area contributed by atoms with Crippen LogP contribution in [0.1, 0.15) is 20.3 Å². The molecule has 1 atom stereocenters. The summed E-state index contributed by atoms with van der Waals surface area (Å²) < 4.78 is 5.40. The first-order valence-corrected chi connectivity index (χ1v) is 5.17. The van der Waals surface area contributed by atoms with E-state index in [0.717, 1.165) is 39.3 Å². The molecule has 0 heterocycles. The van der Waals surface area contributed by atoms with E-state index >= 15 is 0 Å². The van der Waals surface area contributed by atoms with Crippen LogP contribution in [0.4, 0.5) is 0 Å². The highest BCUT2D eigenvalue weighted by molar-refractivity contribution is 4.58. The lowest BCUT2D eigenvalue weighted by Gasteiger charge is -2.19. The smallest absolute Gasteiger partial charge is 0.0593 e. The maximum atomic E-state index is 5.54. The van der Waals surface area contributed by atoms with Crippen LogP contribution in [-0.4, -0.2) is 44.8 Å². The molecular weight excluding hydrogens is 164 g/mol. The molecule has 0 aliphatic heterocycles. The minimum Gasteiger partial charge on any atom is -0.380 e. The van der Waals surface area contributed by atoms with Gasteiger partial charge in [-0.05, 0) is 25.9 Å². The van der Waals surface area contributed by atoms with Gasteiger partial charge in [0.15, 0.2) is 0 Å². The van der Waals surface area contributed by atoms with Crippen LogP contribution >= 0.6 is 0 Å². The molecule has 3 nitrogen and oxygen atoms in total. The minimum atomic E-state index is 0.580. The van der Waals surface area contributed by atoms with Crippen molar-refractivity contribution in [1.82, 2.24) is 4.90 Å². The van der Waals surface area contributed by atoms with E-state index < -0.39 is 0 Å². The van der Waals surface area contributed by atoms with E-state index in [4.69, 9.17) is 10.5 Å². The summed E-state index contributed by atoms with van der Waals surface area (Å²) in [5.74, 6) is 0.580. The fourth-order valence-corrected chi connectivity index (χ4v) is 1.16. The highest BCUT2D eigenvalue weighted by Crippen LogP contribution is 1.94. The fraction of sp³-hybridized carbons (Fsp3) is 1.00. The Morgan fingerprint density at radius 3 is 2.62 bits per heavy atom. The Morgan fingerprint density at radius 2 is 2.08 bits per heavy atom. The average molecular weight is 188 g/mol. The van der Waals surface area contributed by atoms with E-state index in [1.807, 2.05) is 0 Å². The quantitative estimate of drug-likeness (QED) is 0.576. The lowest BCUT2D eigenvalue weighted by Crippen LogP contribution is -2.31. The van der Waals surface area contributed by atoms with Gasteiger partial charge >= 0.3 is 0 Å². The van der Waals surface area contributed by atoms with Crippen molar-refractivity contribution in [3.63, 3.8) is 0 Å². The molecule has 0 aromatic carbocycles. The van der Waals surface area contributed by atoms with Crippen molar-refractivity contribution in [3.05, 3.63) is 0 Å². The van der Waals surface area contributed by atoms with Crippen molar-refractivity contribution in [2.75, 3.05) is 39.9 Å². The fourth-order valence-electron chi connectivity index (χ4n) is 1.16. The Morgan fingerprint density at radius 1 is 1.38 bits per heavy atom. The van der Waals surface area contributed by atoms with Crippen molar-refractivity contribution in [1.29, 1.82) is 0 Å². The van der Waals surface area contributed by atoms with Gasteiger partial charge in [0.05, 0.1) is 6.61 Å². The van der Waals surface area contributed by atoms with Gasteiger partial charge in [0, 0.05) is 19.7 Å². The largest absolute Gasteiger partial charge is 0.380 e. The standard InChI is InChI=1S/C10H24N2O/c1-4-6-13-7-5-12(3)9-10(2)8-11/h10H,4-9,11H2,1-3H3. The van der Waals surface area contributed by atoms with Crippen LogP contribution in [-0.2, 0) is 4.74 Å². The van der Waals surface area contributed by atoms with Gasteiger partial charge in [-0.25, -0.2) is 0 Å². The number of nitrogens with zero attached hydrogens (tertiary/aromatic N) is 1. The van der Waals surface area contributed by atoms with Crippen molar-refractivity contribution < 1.29 is 4.74 Å². The van der Waals surface area contributed by atoms with Crippen LogP contribution in [0.5, 0.6) is 0 Å². The predicted octanol–water partition coefficient (Wildman–Crippen LogP) is 0.940. The predicted molar refractivity (Wildman–Crippen MR) is 56.8 cm³/mol. The molecule has 0 bridgehead atoms. The lowest BCUT2D eigenvalue weighted by molar-refractivity contribution is 0.108. The van der Waals surface area contributed by atoms with Gasteiger partial charge in [0.1, 0.15) is 0 Å². The molecule has 3 heteroatoms. The highest BCUT2D eigenvalue weighted by atomic mass is 16.5. The molecular formula is C10H24N2O. The number of rotatable bonds is 8. The Labute approximate surface area is 82.2 Å². The SMILES string of the molecule is CCCOCCN(C)CC(C)CN. The molecule has 0 aromatic heterocycles. The monoisotopic (exact) mass is 188 g/mol. The summed E-state index contributed by atoms with van der Waals surface area (Å²) in [5, 5.41) is 0. The molecule has 0 rings (SSSR count). The third kappa shape index (κ3) is 8.22. The zero-order valence-corrected chi connectivity index (χ0v) is 9.25. The van der Waals surface area contributed by atoms with Crippen LogP contribution in [0.15, 0.2) is 0 Å². The van der Waals surface area contributed by atoms with E-state index in [1.165, 1.54) is 0 Å². The van der Waals surface area contributed by atoms with Crippen LogP contribution in [0.3, 0.4) is 0 Å². The normalized spacial score (nSPS) is 13.6. The molecule has 0 saturated carbocycles. The molecule has 0 radical (unpaired) electrons. The maximum absolute atomic E-state index is 5.54. The van der Waals surface area contributed by atoms with E-state index in [0.29, 0.717) is 5.92 Å². The molecule has 1 unspecified atom stereocenters. The second-order valence-electron chi connectivity index (χ2n) is 3.72. The molecule has 0 aromatic rings. The number of ether oxygens (including phenoxy) is 1. The molecule has 0 aliphatic rings. The van der Waals surface area contributed by atoms with Gasteiger partial charge in [-0.2, -0.15) is 0 Å². The number of hydrogen-bond donors (Lipinski definition) is 1. The lowest BCUT2D eigenvalue weighted by atomic mass is 10.2. The Kier molecular flexibility index (Phi) is 8.40. The van der Waals surface area contributed by atoms with E-state index in [2.05, 4.69) is 25.8 Å². The molecule has 13 heavy (non-hydrogen) atoms. The van der Waals surface area contributed by atoms with Gasteiger partial charge in [-0.15, -0.1) is 0 Å². The van der Waals surface area contributed by atoms with Crippen molar-refractivity contribution in [2.24, 2.45) is 11.7 Å². The first kappa shape index (κ1) is 12.9. The summed E-state index contributed by atoms with van der Waals surface area (Å²) in [4.78, 5) is 2.27. The third-order valence-corrected chi connectivity index (χ3v) is 1.99. The topological polar surface area (TPSA) is 38.5 Å². The second kappa shape index (κ2) is 8.48. The van der Waals surface area contributed by atoms with E-state index in [1.54, 1.807) is 0 Å². The molecule has 2 N–H and O–H groups in total. The van der Waals surface area contributed by atoms with Gasteiger partial charge in [0.25, 0.3) is 0 Å². The molecule has 0 amide bonds. The number of nitrogens with two attached hydrogens (primary N) is 1. The van der Waals surface area contributed by atoms with Crippen LogP contribution in [0.2, 0.25) is 0 Å². The van der Waals surface area contributed by atoms with E-state index in [9.17, 15) is 0 Å². The van der Waals surface area contributed by atoms with Crippen LogP contribution < -0.4 is 5.73 Å². The van der Waals surface area contributed by atoms with Crippen molar-refractivity contribution in [2.45, 2.75) is 20.3 Å². The van der Waals surface area contributed by atoms with E-state index in [-0.39, 0.29) is 0 Å². The van der Waals surface area contributed by atoms with Crippen molar-refractivity contribution in [3.8, 4) is 0 Å². The first-order valence-electron chi connectivity index (χ1n) is 5.17. The second-order valence-corrected chi connectivity index (χ2v) is 3.72. The summed E-state index contributed by atoms with van der Waals surface area (Å²) in [6, 6.07) is 0. The summed E-state index contributed by atoms with van der Waals surface area (Å²) in [5.41, 5.74) is 5.54. The number of likely N-dealkylation sites (N-methyl/N-ethyl adjacent to an activating group) is 1. The molecule has 0 aliphatic carbocycles. The molecule has 80 valence electrons. The summed E-state index contributed by atoms with van der Waals surface area (Å²) in [6.45, 7) is 8.84. The summed E-state index contributed by atoms with van der Waals surface area (Å²) in [7, 11) is 2.11. The van der Waals surface area contributed by atoms with Crippen LogP contribution in [0, 0.1) is 5.92 Å². The molecule has 0 spiro atoms. The molecule has 0 saturated heterocycles. The Bertz CT molecular complexity index is 109. The van der Waals surface area contributed by atoms with Crippen molar-refractivity contribution >= 4 is 0 Å². The zero-order chi connectivity index (χ0) is 10.1. The third-order valence-electron chi connectivity index (χ3n) is 1.99. The minimum absolute atomic E-state index is 0.580. The summed E-state index contributed by atoms with van der Waals surface area (Å²) >= 11 is 0. The Hall–Kier alpha value is -0.120. The Balaban J connectivity index is 3.24. The van der Waals surface area contributed by atoms with Gasteiger partial charge in [0.2, 0.25) is 0 Å². The zero-order valence-electron chi connectivity index (χ0n) is 9.25. The first-order chi connectivity index (χ1) is 6.20.